The summed E-state index contributed by atoms with van der Waals surface area (Å²) in [6.07, 6.45) is 3.37. The average molecular weight is 651 g/mol. The highest BCUT2D eigenvalue weighted by Gasteiger charge is 2.56. The third-order valence-corrected chi connectivity index (χ3v) is 8.65. The molecule has 1 fully saturated rings. The molecule has 2 aliphatic rings. The van der Waals surface area contributed by atoms with E-state index in [0.29, 0.717) is 22.3 Å². The van der Waals surface area contributed by atoms with E-state index in [4.69, 9.17) is 6.42 Å². The van der Waals surface area contributed by atoms with Crippen LogP contribution in [0, 0.1) is 34.9 Å². The maximum atomic E-state index is 14.8. The van der Waals surface area contributed by atoms with Gasteiger partial charge in [0.2, 0.25) is 0 Å². The van der Waals surface area contributed by atoms with Crippen LogP contribution in [0.1, 0.15) is 49.4 Å². The van der Waals surface area contributed by atoms with Crippen molar-refractivity contribution in [3.63, 3.8) is 0 Å². The van der Waals surface area contributed by atoms with E-state index >= 15 is 0 Å². The monoisotopic (exact) mass is 650 g/mol. The Morgan fingerprint density at radius 3 is 2.51 bits per heavy atom. The Bertz CT molecular complexity index is 1990. The molecule has 0 amide bonds. The molecule has 0 spiro atoms. The molecule has 0 saturated heterocycles. The lowest BCUT2D eigenvalue weighted by Gasteiger charge is -2.29. The van der Waals surface area contributed by atoms with E-state index in [-0.39, 0.29) is 46.1 Å². The van der Waals surface area contributed by atoms with Crippen molar-refractivity contribution in [1.29, 1.82) is 5.26 Å². The van der Waals surface area contributed by atoms with Gasteiger partial charge in [0.15, 0.2) is 0 Å². The van der Waals surface area contributed by atoms with Gasteiger partial charge in [0, 0.05) is 41.6 Å². The van der Waals surface area contributed by atoms with Crippen molar-refractivity contribution in [3.05, 3.63) is 83.2 Å². The summed E-state index contributed by atoms with van der Waals surface area (Å²) in [5, 5.41) is 18.3. The van der Waals surface area contributed by atoms with Gasteiger partial charge in [-0.15, -0.1) is 12.0 Å². The topological polar surface area (TPSA) is 101 Å². The first-order valence-corrected chi connectivity index (χ1v) is 14.5. The zero-order valence-electron chi connectivity index (χ0n) is 25.1. The molecule has 2 aromatic carbocycles. The predicted molar refractivity (Wildman–Crippen MR) is 165 cm³/mol. The number of hydrogen-bond acceptors (Lipinski definition) is 8. The first-order chi connectivity index (χ1) is 22.3. The summed E-state index contributed by atoms with van der Waals surface area (Å²) in [5.41, 5.74) is 4.25. The van der Waals surface area contributed by atoms with Crippen LogP contribution >= 0.6 is 0 Å². The number of alkyl halides is 5. The van der Waals surface area contributed by atoms with Crippen LogP contribution in [-0.2, 0) is 0 Å². The lowest BCUT2D eigenvalue weighted by atomic mass is 9.92. The number of terminal acetylenes is 1. The van der Waals surface area contributed by atoms with Gasteiger partial charge in [-0.25, -0.2) is 13.2 Å². The molecular weight excluding hydrogens is 622 g/mol. The third kappa shape index (κ3) is 5.59. The molecule has 47 heavy (non-hydrogen) atoms. The Morgan fingerprint density at radius 2 is 1.85 bits per heavy atom. The number of anilines is 2. The number of hydrazine groups is 2. The number of benzene rings is 2. The number of nitrogens with zero attached hydrogens (tertiary/aromatic N) is 4. The largest absolute Gasteiger partial charge is 0.395 e. The fraction of sp³-hybridized carbons (Fsp3) is 0.303. The maximum absolute atomic E-state index is 14.8. The molecule has 4 aromatic rings. The fourth-order valence-electron chi connectivity index (χ4n) is 5.49. The van der Waals surface area contributed by atoms with Crippen molar-refractivity contribution in [1.82, 2.24) is 25.9 Å². The molecule has 3 heterocycles. The summed E-state index contributed by atoms with van der Waals surface area (Å²) in [4.78, 5) is 8.50. The average Bonchev–Trinajstić information content (AvgIpc) is 3.72. The standard InChI is InChI=1S/C33H28F6N8/c1-4-18-15-42-27-19(14-40)12-20(13-23(27)26(18)43-17-31(2,3)33(37,38)39)44-29(22-7-8-24(34)28-21(22)6-5-11-41-28)25-16-47(46-45-25)32(9-10-32)30(35)36/h1,5-8,11-13,15-16,29-30,44-46H,9-10,17H2,2-3H3,(H,42,43)/t29-/m0/s1. The van der Waals surface area contributed by atoms with Crippen molar-refractivity contribution in [2.75, 3.05) is 17.2 Å². The number of nitrogens with one attached hydrogen (secondary N) is 4. The second kappa shape index (κ2) is 11.5. The second-order valence-corrected chi connectivity index (χ2v) is 12.2. The van der Waals surface area contributed by atoms with Crippen LogP contribution in [0.25, 0.3) is 21.8 Å². The van der Waals surface area contributed by atoms with Crippen LogP contribution in [0.15, 0.2) is 60.7 Å². The van der Waals surface area contributed by atoms with Crippen LogP contribution in [0.2, 0.25) is 0 Å². The highest BCUT2D eigenvalue weighted by atomic mass is 19.4. The van der Waals surface area contributed by atoms with Crippen LogP contribution in [0.3, 0.4) is 0 Å². The minimum Gasteiger partial charge on any atom is -0.383 e. The molecule has 6 rings (SSSR count). The van der Waals surface area contributed by atoms with Crippen molar-refractivity contribution >= 4 is 33.2 Å². The molecule has 0 radical (unpaired) electrons. The Labute approximate surface area is 265 Å². The van der Waals surface area contributed by atoms with Crippen molar-refractivity contribution in [3.8, 4) is 18.4 Å². The lowest BCUT2D eigenvalue weighted by molar-refractivity contribution is -0.206. The highest BCUT2D eigenvalue weighted by Crippen LogP contribution is 2.47. The third-order valence-electron chi connectivity index (χ3n) is 8.65. The summed E-state index contributed by atoms with van der Waals surface area (Å²) >= 11 is 0. The summed E-state index contributed by atoms with van der Waals surface area (Å²) in [7, 11) is 0. The van der Waals surface area contributed by atoms with Gasteiger partial charge < -0.3 is 16.1 Å². The zero-order chi connectivity index (χ0) is 33.7. The number of nitriles is 1. The maximum Gasteiger partial charge on any atom is 0.395 e. The van der Waals surface area contributed by atoms with Gasteiger partial charge in [0.1, 0.15) is 22.9 Å². The molecule has 4 N–H and O–H groups in total. The Kier molecular flexibility index (Phi) is 7.80. The van der Waals surface area contributed by atoms with Gasteiger partial charge in [-0.3, -0.25) is 15.0 Å². The van der Waals surface area contributed by atoms with E-state index < -0.39 is 42.0 Å². The molecule has 14 heteroatoms. The summed E-state index contributed by atoms with van der Waals surface area (Å²) in [6.45, 7) is 1.59. The van der Waals surface area contributed by atoms with Crippen LogP contribution in [-0.4, -0.2) is 39.7 Å². The molecule has 8 nitrogen and oxygen atoms in total. The zero-order valence-corrected chi connectivity index (χ0v) is 25.1. The quantitative estimate of drug-likeness (QED) is 0.115. The molecule has 1 aliphatic carbocycles. The van der Waals surface area contributed by atoms with Crippen molar-refractivity contribution in [2.24, 2.45) is 5.41 Å². The van der Waals surface area contributed by atoms with Crippen molar-refractivity contribution in [2.45, 2.75) is 50.9 Å². The predicted octanol–water partition coefficient (Wildman–Crippen LogP) is 6.89. The minimum absolute atomic E-state index is 0.0873. The first-order valence-electron chi connectivity index (χ1n) is 14.5. The molecule has 0 unspecified atom stereocenters. The summed E-state index contributed by atoms with van der Waals surface area (Å²) in [5.74, 6) is 1.88. The Morgan fingerprint density at radius 1 is 1.09 bits per heavy atom. The number of hydrogen-bond donors (Lipinski definition) is 4. The summed E-state index contributed by atoms with van der Waals surface area (Å²) in [6, 6.07) is 10.4. The fourth-order valence-corrected chi connectivity index (χ4v) is 5.49. The Balaban J connectivity index is 1.48. The normalized spacial score (nSPS) is 16.4. The van der Waals surface area contributed by atoms with Gasteiger partial charge in [-0.1, -0.05) is 18.1 Å². The minimum atomic E-state index is -4.52. The van der Waals surface area contributed by atoms with Crippen LogP contribution < -0.4 is 21.6 Å². The SMILES string of the molecule is C#Cc1cnc2c(C#N)cc(N[C@H](C3=CN(C4(C(F)F)CC4)NN3)c3ccc(F)c4ncccc34)cc2c1NCC(C)(C)C(F)(F)F. The molecule has 242 valence electrons. The highest BCUT2D eigenvalue weighted by molar-refractivity contribution is 5.99. The van der Waals surface area contributed by atoms with Crippen LogP contribution in [0.5, 0.6) is 0 Å². The number of aromatic nitrogens is 2. The lowest BCUT2D eigenvalue weighted by Crippen LogP contribution is -2.48. The van der Waals surface area contributed by atoms with E-state index in [2.05, 4.69) is 43.6 Å². The van der Waals surface area contributed by atoms with E-state index in [1.165, 1.54) is 35.7 Å². The molecule has 0 bridgehead atoms. The number of halogens is 6. The molecule has 2 aromatic heterocycles. The van der Waals surface area contributed by atoms with E-state index in [0.717, 1.165) is 13.8 Å². The molecule has 1 atom stereocenters. The number of rotatable bonds is 9. The molecule has 1 saturated carbocycles. The number of fused-ring (bicyclic) bond motifs is 2. The first kappa shape index (κ1) is 31.8. The van der Waals surface area contributed by atoms with Crippen molar-refractivity contribution < 1.29 is 26.3 Å². The van der Waals surface area contributed by atoms with Gasteiger partial charge in [-0.2, -0.15) is 18.4 Å². The van der Waals surface area contributed by atoms with Gasteiger partial charge in [0.25, 0.3) is 6.43 Å². The van der Waals surface area contributed by atoms with E-state index in [9.17, 15) is 31.6 Å². The molecular formula is C33H28F6N8. The van der Waals surface area contributed by atoms with Crippen LogP contribution in [0.4, 0.5) is 37.7 Å². The van der Waals surface area contributed by atoms with Gasteiger partial charge >= 0.3 is 6.18 Å². The number of pyridine rings is 2. The van der Waals surface area contributed by atoms with Gasteiger partial charge in [-0.05, 0) is 56.5 Å². The summed E-state index contributed by atoms with van der Waals surface area (Å²) < 4.78 is 83.9. The van der Waals surface area contributed by atoms with Gasteiger partial charge in [0.05, 0.1) is 39.5 Å². The Hall–Kier alpha value is -5.21. The molecule has 1 aliphatic heterocycles. The smallest absolute Gasteiger partial charge is 0.383 e. The van der Waals surface area contributed by atoms with E-state index in [1.54, 1.807) is 24.3 Å². The second-order valence-electron chi connectivity index (χ2n) is 12.2. The van der Waals surface area contributed by atoms with E-state index in [1.807, 2.05) is 0 Å².